The molecule has 0 aromatic carbocycles. The minimum atomic E-state index is -0.272. The minimum absolute atomic E-state index is 0.0740. The van der Waals surface area contributed by atoms with E-state index < -0.39 is 0 Å². The summed E-state index contributed by atoms with van der Waals surface area (Å²) >= 11 is 0. The summed E-state index contributed by atoms with van der Waals surface area (Å²) in [5, 5.41) is 4.56. The third kappa shape index (κ3) is 5.64. The minimum Gasteiger partial charge on any atom is -0.463 e. The maximum Gasteiger partial charge on any atom is 0.310 e. The SMILES string of the molecule is Cc1cc(C)nc(-n2nc(C)c(CC(=O)OCC3CN(CC(C)C)CCO3)c2C)n1. The van der Waals surface area contributed by atoms with Gasteiger partial charge in [-0.25, -0.2) is 14.6 Å². The van der Waals surface area contributed by atoms with Crippen LogP contribution in [0, 0.1) is 33.6 Å². The standard InChI is InChI=1S/C22H33N5O3/c1-14(2)11-26-7-8-29-19(12-26)13-30-21(28)10-20-17(5)25-27(18(20)6)22-23-15(3)9-16(4)24-22/h9,14,19H,7-8,10-13H2,1-6H3. The number of aromatic nitrogens is 4. The van der Waals surface area contributed by atoms with E-state index in [1.165, 1.54) is 0 Å². The van der Waals surface area contributed by atoms with Crippen molar-refractivity contribution in [3.63, 3.8) is 0 Å². The molecule has 0 amide bonds. The van der Waals surface area contributed by atoms with Gasteiger partial charge in [0.25, 0.3) is 5.95 Å². The monoisotopic (exact) mass is 415 g/mol. The maximum absolute atomic E-state index is 12.5. The Bertz CT molecular complexity index is 873. The van der Waals surface area contributed by atoms with Gasteiger partial charge in [-0.15, -0.1) is 0 Å². The lowest BCUT2D eigenvalue weighted by Gasteiger charge is -2.33. The molecular weight excluding hydrogens is 382 g/mol. The van der Waals surface area contributed by atoms with E-state index in [0.717, 1.165) is 48.0 Å². The van der Waals surface area contributed by atoms with Crippen LogP contribution in [0.25, 0.3) is 5.95 Å². The molecule has 1 aliphatic heterocycles. The predicted octanol–water partition coefficient (Wildman–Crippen LogP) is 2.34. The number of rotatable bonds is 7. The highest BCUT2D eigenvalue weighted by molar-refractivity contribution is 5.73. The van der Waals surface area contributed by atoms with Crippen molar-refractivity contribution < 1.29 is 14.3 Å². The normalized spacial score (nSPS) is 17.5. The maximum atomic E-state index is 12.5. The van der Waals surface area contributed by atoms with Crippen molar-refractivity contribution in [2.24, 2.45) is 5.92 Å². The van der Waals surface area contributed by atoms with Crippen LogP contribution in [-0.4, -0.2) is 69.6 Å². The van der Waals surface area contributed by atoms with Crippen molar-refractivity contribution >= 4 is 5.97 Å². The largest absolute Gasteiger partial charge is 0.463 e. The van der Waals surface area contributed by atoms with Gasteiger partial charge < -0.3 is 9.47 Å². The molecule has 3 rings (SSSR count). The fraction of sp³-hybridized carbons (Fsp3) is 0.636. The lowest BCUT2D eigenvalue weighted by atomic mass is 10.1. The number of carbonyl (C=O) groups is 1. The van der Waals surface area contributed by atoms with Crippen molar-refractivity contribution in [1.29, 1.82) is 0 Å². The van der Waals surface area contributed by atoms with E-state index in [-0.39, 0.29) is 25.1 Å². The summed E-state index contributed by atoms with van der Waals surface area (Å²) < 4.78 is 13.0. The molecule has 30 heavy (non-hydrogen) atoms. The van der Waals surface area contributed by atoms with Crippen LogP contribution in [0.1, 0.15) is 42.2 Å². The second-order valence-electron chi connectivity index (χ2n) is 8.52. The average molecular weight is 416 g/mol. The van der Waals surface area contributed by atoms with E-state index in [0.29, 0.717) is 18.5 Å². The molecule has 0 bridgehead atoms. The summed E-state index contributed by atoms with van der Waals surface area (Å²) in [6.07, 6.45) is 0.0975. The van der Waals surface area contributed by atoms with Crippen molar-refractivity contribution in [2.75, 3.05) is 32.8 Å². The molecule has 1 aliphatic rings. The number of morpholine rings is 1. The number of hydrogen-bond acceptors (Lipinski definition) is 7. The van der Waals surface area contributed by atoms with E-state index in [4.69, 9.17) is 9.47 Å². The van der Waals surface area contributed by atoms with Crippen LogP contribution in [-0.2, 0) is 20.7 Å². The number of aryl methyl sites for hydroxylation is 3. The van der Waals surface area contributed by atoms with E-state index in [2.05, 4.69) is 33.8 Å². The number of carbonyl (C=O) groups excluding carboxylic acids is 1. The molecule has 2 aromatic rings. The molecule has 0 radical (unpaired) electrons. The summed E-state index contributed by atoms with van der Waals surface area (Å²) in [5.74, 6) is 0.857. The summed E-state index contributed by atoms with van der Waals surface area (Å²) in [6.45, 7) is 15.8. The molecule has 1 fully saturated rings. The lowest BCUT2D eigenvalue weighted by molar-refractivity contribution is -0.149. The Labute approximate surface area is 178 Å². The van der Waals surface area contributed by atoms with Crippen LogP contribution >= 0.6 is 0 Å². The van der Waals surface area contributed by atoms with Gasteiger partial charge in [-0.1, -0.05) is 13.8 Å². The summed E-state index contributed by atoms with van der Waals surface area (Å²) in [7, 11) is 0. The molecule has 8 heteroatoms. The summed E-state index contributed by atoms with van der Waals surface area (Å²) in [5.41, 5.74) is 4.25. The fourth-order valence-electron chi connectivity index (χ4n) is 3.87. The average Bonchev–Trinajstić information content (AvgIpc) is 2.94. The van der Waals surface area contributed by atoms with Gasteiger partial charge in [0.15, 0.2) is 0 Å². The first-order valence-corrected chi connectivity index (χ1v) is 10.6. The Hall–Kier alpha value is -2.32. The molecular formula is C22H33N5O3. The van der Waals surface area contributed by atoms with Gasteiger partial charge in [-0.3, -0.25) is 9.69 Å². The van der Waals surface area contributed by atoms with Gasteiger partial charge in [0.05, 0.1) is 18.7 Å². The molecule has 164 valence electrons. The third-order valence-corrected chi connectivity index (χ3v) is 5.20. The van der Waals surface area contributed by atoms with E-state index >= 15 is 0 Å². The first kappa shape index (κ1) is 22.4. The quantitative estimate of drug-likeness (QED) is 0.642. The fourth-order valence-corrected chi connectivity index (χ4v) is 3.87. The first-order valence-electron chi connectivity index (χ1n) is 10.6. The second kappa shape index (κ2) is 9.66. The highest BCUT2D eigenvalue weighted by atomic mass is 16.6. The predicted molar refractivity (Wildman–Crippen MR) is 114 cm³/mol. The molecule has 0 saturated carbocycles. The third-order valence-electron chi connectivity index (χ3n) is 5.20. The van der Waals surface area contributed by atoms with Gasteiger partial charge in [-0.2, -0.15) is 5.10 Å². The van der Waals surface area contributed by atoms with Crippen molar-refractivity contribution in [1.82, 2.24) is 24.6 Å². The molecule has 8 nitrogen and oxygen atoms in total. The zero-order chi connectivity index (χ0) is 21.8. The Morgan fingerprint density at radius 3 is 2.60 bits per heavy atom. The molecule has 1 saturated heterocycles. The molecule has 0 spiro atoms. The van der Waals surface area contributed by atoms with Crippen LogP contribution in [0.3, 0.4) is 0 Å². The van der Waals surface area contributed by atoms with Crippen molar-refractivity contribution in [3.8, 4) is 5.95 Å². The Morgan fingerprint density at radius 2 is 1.93 bits per heavy atom. The zero-order valence-corrected chi connectivity index (χ0v) is 18.9. The Kier molecular flexibility index (Phi) is 7.20. The smallest absolute Gasteiger partial charge is 0.310 e. The van der Waals surface area contributed by atoms with Gasteiger partial charge >= 0.3 is 5.97 Å². The summed E-state index contributed by atoms with van der Waals surface area (Å²) in [6, 6.07) is 1.92. The molecule has 0 N–H and O–H groups in total. The van der Waals surface area contributed by atoms with E-state index in [1.807, 2.05) is 33.8 Å². The van der Waals surface area contributed by atoms with Crippen LogP contribution < -0.4 is 0 Å². The lowest BCUT2D eigenvalue weighted by Crippen LogP contribution is -2.45. The van der Waals surface area contributed by atoms with E-state index in [1.54, 1.807) is 4.68 Å². The number of hydrogen-bond donors (Lipinski definition) is 0. The van der Waals surface area contributed by atoms with Gasteiger partial charge in [-0.05, 0) is 39.7 Å². The number of ether oxygens (including phenoxy) is 2. The highest BCUT2D eigenvalue weighted by Crippen LogP contribution is 2.18. The molecule has 1 unspecified atom stereocenters. The molecule has 0 aliphatic carbocycles. The van der Waals surface area contributed by atoms with E-state index in [9.17, 15) is 4.79 Å². The molecule has 1 atom stereocenters. The van der Waals surface area contributed by atoms with Crippen LogP contribution in [0.2, 0.25) is 0 Å². The van der Waals surface area contributed by atoms with Crippen molar-refractivity contribution in [2.45, 2.75) is 54.1 Å². The number of nitrogens with zero attached hydrogens (tertiary/aromatic N) is 5. The van der Waals surface area contributed by atoms with Crippen molar-refractivity contribution in [3.05, 3.63) is 34.4 Å². The second-order valence-corrected chi connectivity index (χ2v) is 8.52. The van der Waals surface area contributed by atoms with Crippen LogP contribution in [0.5, 0.6) is 0 Å². The zero-order valence-electron chi connectivity index (χ0n) is 18.9. The number of esters is 1. The van der Waals surface area contributed by atoms with Gasteiger partial charge in [0.2, 0.25) is 0 Å². The van der Waals surface area contributed by atoms with Crippen LogP contribution in [0.4, 0.5) is 0 Å². The first-order chi connectivity index (χ1) is 14.2. The molecule has 3 heterocycles. The Balaban J connectivity index is 1.61. The molecule has 2 aromatic heterocycles. The van der Waals surface area contributed by atoms with Gasteiger partial charge in [0.1, 0.15) is 12.7 Å². The van der Waals surface area contributed by atoms with Gasteiger partial charge in [0, 0.05) is 42.3 Å². The Morgan fingerprint density at radius 1 is 1.23 bits per heavy atom. The van der Waals surface area contributed by atoms with Crippen LogP contribution in [0.15, 0.2) is 6.07 Å². The topological polar surface area (TPSA) is 82.4 Å². The summed E-state index contributed by atoms with van der Waals surface area (Å²) in [4.78, 5) is 23.8. The highest BCUT2D eigenvalue weighted by Gasteiger charge is 2.23.